The van der Waals surface area contributed by atoms with Crippen LogP contribution in [0.1, 0.15) is 11.7 Å². The maximum absolute atomic E-state index is 11.2. The smallest absolute Gasteiger partial charge is 0.339 e. The molecule has 4 nitrogen and oxygen atoms in total. The third-order valence-electron chi connectivity index (χ3n) is 2.11. The van der Waals surface area contributed by atoms with Crippen molar-refractivity contribution in [3.8, 4) is 0 Å². The summed E-state index contributed by atoms with van der Waals surface area (Å²) in [5.41, 5.74) is 3.00. The number of esters is 1. The predicted molar refractivity (Wildman–Crippen MR) is 56.6 cm³/mol. The van der Waals surface area contributed by atoms with E-state index >= 15 is 0 Å². The molecule has 15 heavy (non-hydrogen) atoms. The van der Waals surface area contributed by atoms with Crippen molar-refractivity contribution < 1.29 is 14.6 Å². The highest BCUT2D eigenvalue weighted by Crippen LogP contribution is 2.27. The highest BCUT2D eigenvalue weighted by molar-refractivity contribution is 7.17. The predicted octanol–water partition coefficient (Wildman–Crippen LogP) is 1.50. The zero-order valence-corrected chi connectivity index (χ0v) is 8.82. The molecule has 0 saturated carbocycles. The fourth-order valence-electron chi connectivity index (χ4n) is 1.36. The highest BCUT2D eigenvalue weighted by Gasteiger charge is 2.20. The molecule has 1 heterocycles. The summed E-state index contributed by atoms with van der Waals surface area (Å²) >= 11 is 1.39. The Morgan fingerprint density at radius 2 is 2.40 bits per heavy atom. The molecule has 0 aliphatic carbocycles. The van der Waals surface area contributed by atoms with Gasteiger partial charge >= 0.3 is 5.97 Å². The van der Waals surface area contributed by atoms with Crippen molar-refractivity contribution in [1.29, 1.82) is 0 Å². The van der Waals surface area contributed by atoms with Crippen molar-refractivity contribution in [1.82, 2.24) is 4.98 Å². The van der Waals surface area contributed by atoms with Crippen LogP contribution in [0.5, 0.6) is 0 Å². The van der Waals surface area contributed by atoms with Crippen molar-refractivity contribution in [2.24, 2.45) is 0 Å². The van der Waals surface area contributed by atoms with Crippen LogP contribution in [0, 0.1) is 0 Å². The summed E-state index contributed by atoms with van der Waals surface area (Å²) in [5, 5.41) is 9.71. The third kappa shape index (κ3) is 1.71. The van der Waals surface area contributed by atoms with Crippen LogP contribution in [0.3, 0.4) is 0 Å². The van der Waals surface area contributed by atoms with E-state index in [0.29, 0.717) is 5.56 Å². The normalized spacial score (nSPS) is 12.7. The number of ether oxygens (including phenoxy) is 1. The molecule has 0 aliphatic heterocycles. The monoisotopic (exact) mass is 223 g/mol. The van der Waals surface area contributed by atoms with Crippen LogP contribution in [0.15, 0.2) is 23.7 Å². The highest BCUT2D eigenvalue weighted by atomic mass is 32.1. The first-order chi connectivity index (χ1) is 7.24. The lowest BCUT2D eigenvalue weighted by atomic mass is 10.1. The molecule has 0 bridgehead atoms. The van der Waals surface area contributed by atoms with Crippen molar-refractivity contribution in [2.45, 2.75) is 6.10 Å². The molecule has 1 unspecified atom stereocenters. The van der Waals surface area contributed by atoms with E-state index in [-0.39, 0.29) is 0 Å². The number of fused-ring (bicyclic) bond motifs is 1. The molecule has 2 rings (SSSR count). The minimum Gasteiger partial charge on any atom is -0.467 e. The maximum atomic E-state index is 11.2. The van der Waals surface area contributed by atoms with Crippen LogP contribution in [-0.2, 0) is 9.53 Å². The van der Waals surface area contributed by atoms with E-state index < -0.39 is 12.1 Å². The summed E-state index contributed by atoms with van der Waals surface area (Å²) in [7, 11) is 1.25. The van der Waals surface area contributed by atoms with Crippen LogP contribution in [-0.4, -0.2) is 23.2 Å². The van der Waals surface area contributed by atoms with E-state index in [1.54, 1.807) is 17.6 Å². The Morgan fingerprint density at radius 1 is 1.60 bits per heavy atom. The maximum Gasteiger partial charge on any atom is 0.339 e. The van der Waals surface area contributed by atoms with Crippen LogP contribution in [0.2, 0.25) is 0 Å². The van der Waals surface area contributed by atoms with Gasteiger partial charge in [-0.2, -0.15) is 0 Å². The molecule has 1 aromatic heterocycles. The number of aliphatic hydroxyl groups is 1. The molecule has 1 N–H and O–H groups in total. The Bertz CT molecular complexity index is 494. The van der Waals surface area contributed by atoms with Gasteiger partial charge in [-0.15, -0.1) is 11.3 Å². The molecule has 0 aliphatic rings. The summed E-state index contributed by atoms with van der Waals surface area (Å²) in [6.07, 6.45) is -1.24. The second-order valence-electron chi connectivity index (χ2n) is 2.97. The van der Waals surface area contributed by atoms with E-state index in [2.05, 4.69) is 9.72 Å². The van der Waals surface area contributed by atoms with Crippen LogP contribution < -0.4 is 0 Å². The molecule has 5 heteroatoms. The molecule has 2 aromatic rings. The van der Waals surface area contributed by atoms with Gasteiger partial charge in [-0.05, 0) is 6.07 Å². The number of hydrogen-bond donors (Lipinski definition) is 1. The molecule has 0 amide bonds. The summed E-state index contributed by atoms with van der Waals surface area (Å²) in [6, 6.07) is 5.28. The molecule has 0 spiro atoms. The zero-order chi connectivity index (χ0) is 10.8. The number of nitrogens with zero attached hydrogens (tertiary/aromatic N) is 1. The Kier molecular flexibility index (Phi) is 2.66. The lowest BCUT2D eigenvalue weighted by Gasteiger charge is -2.08. The molecule has 0 radical (unpaired) electrons. The number of hydrogen-bond acceptors (Lipinski definition) is 5. The Labute approximate surface area is 90.1 Å². The first-order valence-electron chi connectivity index (χ1n) is 4.32. The fraction of sp³-hybridized carbons (Fsp3) is 0.200. The van der Waals surface area contributed by atoms with Gasteiger partial charge in [-0.1, -0.05) is 12.1 Å². The number of aromatic nitrogens is 1. The second-order valence-corrected chi connectivity index (χ2v) is 3.83. The Balaban J connectivity index is 2.51. The number of carbonyl (C=O) groups excluding carboxylic acids is 1. The van der Waals surface area contributed by atoms with E-state index in [0.717, 1.165) is 10.2 Å². The van der Waals surface area contributed by atoms with Gasteiger partial charge in [-0.3, -0.25) is 0 Å². The van der Waals surface area contributed by atoms with Gasteiger partial charge in [0.2, 0.25) is 0 Å². The number of methoxy groups -OCH3 is 1. The van der Waals surface area contributed by atoms with Gasteiger partial charge in [0.25, 0.3) is 0 Å². The lowest BCUT2D eigenvalue weighted by molar-refractivity contribution is -0.150. The number of carbonyl (C=O) groups is 1. The Hall–Kier alpha value is -1.46. The van der Waals surface area contributed by atoms with Gasteiger partial charge in [0.05, 0.1) is 22.8 Å². The largest absolute Gasteiger partial charge is 0.467 e. The van der Waals surface area contributed by atoms with Crippen LogP contribution in [0.25, 0.3) is 10.2 Å². The van der Waals surface area contributed by atoms with Crippen molar-refractivity contribution >= 4 is 27.5 Å². The summed E-state index contributed by atoms with van der Waals surface area (Å²) < 4.78 is 5.30. The SMILES string of the molecule is COC(=O)C(O)c1cccc2ncsc12. The lowest BCUT2D eigenvalue weighted by Crippen LogP contribution is -2.13. The quantitative estimate of drug-likeness (QED) is 0.784. The van der Waals surface area contributed by atoms with Gasteiger partial charge in [0.1, 0.15) is 0 Å². The minimum atomic E-state index is -1.24. The molecule has 1 atom stereocenters. The molecule has 0 saturated heterocycles. The topological polar surface area (TPSA) is 59.4 Å². The van der Waals surface area contributed by atoms with Crippen molar-refractivity contribution in [3.05, 3.63) is 29.3 Å². The minimum absolute atomic E-state index is 0.543. The standard InChI is InChI=1S/C10H9NO3S/c1-14-10(13)8(12)6-3-2-4-7-9(6)15-5-11-7/h2-5,8,12H,1H3. The number of benzene rings is 1. The first-order valence-corrected chi connectivity index (χ1v) is 5.20. The summed E-state index contributed by atoms with van der Waals surface area (Å²) in [5.74, 6) is -0.657. The number of aliphatic hydroxyl groups excluding tert-OH is 1. The molecular weight excluding hydrogens is 214 g/mol. The molecule has 1 aromatic carbocycles. The van der Waals surface area contributed by atoms with Crippen molar-refractivity contribution in [2.75, 3.05) is 7.11 Å². The van der Waals surface area contributed by atoms with Gasteiger partial charge < -0.3 is 9.84 Å². The second kappa shape index (κ2) is 3.96. The van der Waals surface area contributed by atoms with Crippen LogP contribution in [0.4, 0.5) is 0 Å². The number of rotatable bonds is 2. The fourth-order valence-corrected chi connectivity index (χ4v) is 2.19. The van der Waals surface area contributed by atoms with E-state index in [9.17, 15) is 9.90 Å². The van der Waals surface area contributed by atoms with E-state index in [1.165, 1.54) is 18.4 Å². The number of thiazole rings is 1. The average Bonchev–Trinajstić information content (AvgIpc) is 2.74. The third-order valence-corrected chi connectivity index (χ3v) is 3.00. The Morgan fingerprint density at radius 3 is 3.13 bits per heavy atom. The van der Waals surface area contributed by atoms with Crippen LogP contribution >= 0.6 is 11.3 Å². The molecule has 0 fully saturated rings. The first kappa shape index (κ1) is 10.1. The zero-order valence-electron chi connectivity index (χ0n) is 8.01. The molecule has 78 valence electrons. The molecular formula is C10H9NO3S. The van der Waals surface area contributed by atoms with Gasteiger partial charge in [-0.25, -0.2) is 9.78 Å². The van der Waals surface area contributed by atoms with Gasteiger partial charge in [0, 0.05) is 5.56 Å². The van der Waals surface area contributed by atoms with E-state index in [4.69, 9.17) is 0 Å². The summed E-state index contributed by atoms with van der Waals surface area (Å²) in [4.78, 5) is 15.3. The summed E-state index contributed by atoms with van der Waals surface area (Å²) in [6.45, 7) is 0. The van der Waals surface area contributed by atoms with Crippen molar-refractivity contribution in [3.63, 3.8) is 0 Å². The van der Waals surface area contributed by atoms with Gasteiger partial charge in [0.15, 0.2) is 6.10 Å². The average molecular weight is 223 g/mol. The van der Waals surface area contributed by atoms with E-state index in [1.807, 2.05) is 6.07 Å².